The van der Waals surface area contributed by atoms with Gasteiger partial charge in [0.25, 0.3) is 0 Å². The molecule has 0 amide bonds. The highest BCUT2D eigenvalue weighted by Crippen LogP contribution is 2.48. The van der Waals surface area contributed by atoms with E-state index in [1.807, 2.05) is 6.92 Å². The van der Waals surface area contributed by atoms with E-state index >= 15 is 0 Å². The molecule has 0 aromatic carbocycles. The first kappa shape index (κ1) is 20.8. The number of hydrogen-bond acceptors (Lipinski definition) is 4. The summed E-state index contributed by atoms with van der Waals surface area (Å²) in [5.41, 5.74) is 3.49. The Hall–Kier alpha value is -1.49. The van der Waals surface area contributed by atoms with Crippen LogP contribution in [0, 0.1) is 0 Å². The van der Waals surface area contributed by atoms with Crippen molar-refractivity contribution >= 4 is 5.78 Å². The van der Waals surface area contributed by atoms with Crippen molar-refractivity contribution in [3.63, 3.8) is 0 Å². The Bertz CT molecular complexity index is 653. The third-order valence-corrected chi connectivity index (χ3v) is 5.33. The number of carbonyl (C=O) groups is 1. The minimum Gasteiger partial charge on any atom is -0.392 e. The minimum absolute atomic E-state index is 0.0173. The maximum absolute atomic E-state index is 12.2. The van der Waals surface area contributed by atoms with Crippen molar-refractivity contribution in [2.75, 3.05) is 6.61 Å². The van der Waals surface area contributed by atoms with E-state index in [-0.39, 0.29) is 18.5 Å². The first-order valence-corrected chi connectivity index (χ1v) is 9.46. The third kappa shape index (κ3) is 5.03. The zero-order valence-corrected chi connectivity index (χ0v) is 16.4. The molecule has 3 atom stereocenters. The molecule has 2 N–H and O–H groups in total. The molecule has 144 valence electrons. The Kier molecular flexibility index (Phi) is 7.16. The van der Waals surface area contributed by atoms with Gasteiger partial charge < -0.3 is 14.9 Å². The minimum atomic E-state index is -0.817. The lowest BCUT2D eigenvalue weighted by atomic mass is 9.84. The number of carbonyl (C=O) groups excluding carboxylic acids is 1. The molecule has 0 aromatic heterocycles. The second-order valence-corrected chi connectivity index (χ2v) is 7.72. The van der Waals surface area contributed by atoms with E-state index in [2.05, 4.69) is 32.1 Å². The van der Waals surface area contributed by atoms with E-state index in [1.54, 1.807) is 6.92 Å². The molecular weight excluding hydrogens is 328 g/mol. The molecule has 0 saturated carbocycles. The zero-order chi connectivity index (χ0) is 19.3. The maximum atomic E-state index is 12.2. The molecule has 2 rings (SSSR count). The Morgan fingerprint density at radius 3 is 2.31 bits per heavy atom. The van der Waals surface area contributed by atoms with Crippen molar-refractivity contribution in [3.8, 4) is 0 Å². The van der Waals surface area contributed by atoms with Crippen LogP contribution in [-0.4, -0.2) is 40.4 Å². The summed E-state index contributed by atoms with van der Waals surface area (Å²) >= 11 is 0. The largest absolute Gasteiger partial charge is 0.392 e. The van der Waals surface area contributed by atoms with Crippen LogP contribution in [0.5, 0.6) is 0 Å². The van der Waals surface area contributed by atoms with Crippen LogP contribution in [0.25, 0.3) is 0 Å². The smallest absolute Gasteiger partial charge is 0.190 e. The lowest BCUT2D eigenvalue weighted by Crippen LogP contribution is -2.36. The molecule has 0 aromatic rings. The number of aliphatic hydroxyl groups excluding tert-OH is 2. The molecule has 4 nitrogen and oxygen atoms in total. The van der Waals surface area contributed by atoms with E-state index in [0.29, 0.717) is 12.0 Å². The summed E-state index contributed by atoms with van der Waals surface area (Å²) in [6.45, 7) is 8.06. The van der Waals surface area contributed by atoms with Gasteiger partial charge in [0.2, 0.25) is 0 Å². The highest BCUT2D eigenvalue weighted by atomic mass is 16.6. The quantitative estimate of drug-likeness (QED) is 0.485. The molecule has 2 aliphatic rings. The van der Waals surface area contributed by atoms with E-state index in [1.165, 1.54) is 17.2 Å². The fraction of sp³-hybridized carbons (Fsp3) is 0.591. The van der Waals surface area contributed by atoms with E-state index in [0.717, 1.165) is 31.3 Å². The lowest BCUT2D eigenvalue weighted by molar-refractivity contribution is -0.119. The molecule has 1 aliphatic heterocycles. The molecule has 1 heterocycles. The number of fused-ring (bicyclic) bond motifs is 1. The SMILES string of the molecule is CC(=CCCC(C)=CCCC(C)=CCC12OC1C(O)C(C)=CC2=O)CO. The van der Waals surface area contributed by atoms with Gasteiger partial charge in [-0.2, -0.15) is 0 Å². The van der Waals surface area contributed by atoms with Crippen molar-refractivity contribution in [2.24, 2.45) is 0 Å². The highest BCUT2D eigenvalue weighted by Gasteiger charge is 2.65. The van der Waals surface area contributed by atoms with Crippen molar-refractivity contribution in [1.29, 1.82) is 0 Å². The second kappa shape index (κ2) is 8.94. The summed E-state index contributed by atoms with van der Waals surface area (Å²) in [6.07, 6.45) is 11.4. The summed E-state index contributed by atoms with van der Waals surface area (Å²) in [4.78, 5) is 12.2. The van der Waals surface area contributed by atoms with E-state index in [9.17, 15) is 9.90 Å². The molecule has 0 spiro atoms. The molecule has 0 bridgehead atoms. The summed E-state index contributed by atoms with van der Waals surface area (Å²) < 4.78 is 5.59. The number of rotatable bonds is 9. The Morgan fingerprint density at radius 1 is 1.12 bits per heavy atom. The van der Waals surface area contributed by atoms with E-state index in [4.69, 9.17) is 9.84 Å². The molecule has 3 unspecified atom stereocenters. The highest BCUT2D eigenvalue weighted by molar-refractivity contribution is 6.02. The molecule has 1 saturated heterocycles. The zero-order valence-electron chi connectivity index (χ0n) is 16.4. The van der Waals surface area contributed by atoms with Crippen LogP contribution in [0.4, 0.5) is 0 Å². The third-order valence-electron chi connectivity index (χ3n) is 5.33. The van der Waals surface area contributed by atoms with Crippen LogP contribution in [0.3, 0.4) is 0 Å². The van der Waals surface area contributed by atoms with Gasteiger partial charge in [-0.1, -0.05) is 34.9 Å². The number of hydrogen-bond donors (Lipinski definition) is 2. The summed E-state index contributed by atoms with van der Waals surface area (Å²) in [6, 6.07) is 0. The first-order valence-electron chi connectivity index (χ1n) is 9.46. The van der Waals surface area contributed by atoms with Crippen LogP contribution in [0.1, 0.15) is 59.8 Å². The van der Waals surface area contributed by atoms with Crippen LogP contribution in [-0.2, 0) is 9.53 Å². The Morgan fingerprint density at radius 2 is 1.69 bits per heavy atom. The fourth-order valence-electron chi connectivity index (χ4n) is 3.32. The fourth-order valence-corrected chi connectivity index (χ4v) is 3.32. The summed E-state index contributed by atoms with van der Waals surface area (Å²) in [5, 5.41) is 19.0. The molecule has 26 heavy (non-hydrogen) atoms. The lowest BCUT2D eigenvalue weighted by Gasteiger charge is -2.17. The van der Waals surface area contributed by atoms with Gasteiger partial charge in [0, 0.05) is 6.42 Å². The van der Waals surface area contributed by atoms with Gasteiger partial charge in [-0.3, -0.25) is 4.79 Å². The van der Waals surface area contributed by atoms with Crippen molar-refractivity contribution < 1.29 is 19.7 Å². The topological polar surface area (TPSA) is 70.1 Å². The van der Waals surface area contributed by atoms with Gasteiger partial charge in [-0.15, -0.1) is 0 Å². The number of epoxide rings is 1. The van der Waals surface area contributed by atoms with Crippen LogP contribution < -0.4 is 0 Å². The molecule has 1 aliphatic carbocycles. The van der Waals surface area contributed by atoms with E-state index < -0.39 is 11.7 Å². The Labute approximate surface area is 156 Å². The van der Waals surface area contributed by atoms with Gasteiger partial charge in [-0.05, 0) is 65.0 Å². The normalized spacial score (nSPS) is 29.5. The standard InChI is InChI=1S/C22H32O4/c1-15(8-6-10-17(3)14-23)7-5-9-16(2)11-12-22-19(24)13-18(4)20(25)21(22)26-22/h7,10-11,13,20-21,23,25H,5-6,8-9,12,14H2,1-4H3. The number of allylic oxidation sites excluding steroid dienone is 4. The monoisotopic (exact) mass is 360 g/mol. The average molecular weight is 360 g/mol. The van der Waals surface area contributed by atoms with Gasteiger partial charge in [0.05, 0.1) is 6.61 Å². The predicted molar refractivity (Wildman–Crippen MR) is 104 cm³/mol. The second-order valence-electron chi connectivity index (χ2n) is 7.72. The van der Waals surface area contributed by atoms with Crippen molar-refractivity contribution in [2.45, 2.75) is 77.6 Å². The predicted octanol–water partition coefficient (Wildman–Crippen LogP) is 3.80. The molecule has 4 heteroatoms. The van der Waals surface area contributed by atoms with Gasteiger partial charge in [-0.25, -0.2) is 0 Å². The summed E-state index contributed by atoms with van der Waals surface area (Å²) in [7, 11) is 0. The number of ketones is 1. The van der Waals surface area contributed by atoms with Crippen molar-refractivity contribution in [3.05, 3.63) is 46.6 Å². The summed E-state index contributed by atoms with van der Waals surface area (Å²) in [5.74, 6) is -0.0173. The average Bonchev–Trinajstić information content (AvgIpc) is 3.35. The number of ether oxygens (including phenoxy) is 1. The Balaban J connectivity index is 1.78. The molecule has 0 radical (unpaired) electrons. The van der Waals surface area contributed by atoms with Crippen LogP contribution >= 0.6 is 0 Å². The van der Waals surface area contributed by atoms with Crippen LogP contribution in [0.15, 0.2) is 46.6 Å². The van der Waals surface area contributed by atoms with Gasteiger partial charge >= 0.3 is 0 Å². The van der Waals surface area contributed by atoms with Crippen molar-refractivity contribution in [1.82, 2.24) is 0 Å². The number of aliphatic hydroxyl groups is 2. The first-order chi connectivity index (χ1) is 12.3. The maximum Gasteiger partial charge on any atom is 0.190 e. The van der Waals surface area contributed by atoms with Gasteiger partial charge in [0.15, 0.2) is 11.4 Å². The molecule has 1 fully saturated rings. The molecular formula is C22H32O4. The van der Waals surface area contributed by atoms with Gasteiger partial charge in [0.1, 0.15) is 12.2 Å². The van der Waals surface area contributed by atoms with Crippen LogP contribution in [0.2, 0.25) is 0 Å².